The maximum absolute atomic E-state index is 15.1. The lowest BCUT2D eigenvalue weighted by Gasteiger charge is -2.63. The van der Waals surface area contributed by atoms with E-state index in [4.69, 9.17) is 14.2 Å². The number of hydrogen-bond donors (Lipinski definition) is 9. The first-order chi connectivity index (χ1) is 41.1. The third-order valence-corrected chi connectivity index (χ3v) is 22.3. The van der Waals surface area contributed by atoms with E-state index in [0.29, 0.717) is 107 Å². The molecule has 13 atom stereocenters. The average molecular weight is 1230 g/mol. The molecule has 2 aromatic carbocycles. The number of para-hydroxylation sites is 1. The van der Waals surface area contributed by atoms with Crippen molar-refractivity contribution < 1.29 is 68.2 Å². The van der Waals surface area contributed by atoms with E-state index in [2.05, 4.69) is 48.4 Å². The number of piperidine rings is 1. The van der Waals surface area contributed by atoms with Gasteiger partial charge in [0.25, 0.3) is 12.4 Å². The first-order valence-corrected chi connectivity index (χ1v) is 32.8. The van der Waals surface area contributed by atoms with E-state index in [-0.39, 0.29) is 56.3 Å². The number of carboxylic acid groups (broad SMARTS) is 1. The number of carboxylic acids is 1. The summed E-state index contributed by atoms with van der Waals surface area (Å²) in [6.07, 6.45) is 5.10. The van der Waals surface area contributed by atoms with Crippen molar-refractivity contribution in [1.82, 2.24) is 36.3 Å². The van der Waals surface area contributed by atoms with Gasteiger partial charge in [-0.15, -0.1) is 0 Å². The molecular weight excluding hydrogens is 1140 g/mol. The molecular formula is C62H86N8O14S2. The molecule has 2 unspecified atom stereocenters. The van der Waals surface area contributed by atoms with Crippen LogP contribution in [0.3, 0.4) is 0 Å². The summed E-state index contributed by atoms with van der Waals surface area (Å²) >= 11 is 0. The molecule has 1 aromatic heterocycles. The summed E-state index contributed by atoms with van der Waals surface area (Å²) in [7, 11) is 6.25. The lowest BCUT2D eigenvalue weighted by molar-refractivity contribution is -0.204. The number of carbonyl (C=O) groups excluding carboxylic acids is 6. The molecule has 5 aliphatic heterocycles. The zero-order chi connectivity index (χ0) is 61.9. The Morgan fingerprint density at radius 3 is 2.45 bits per heavy atom. The van der Waals surface area contributed by atoms with Crippen molar-refractivity contribution >= 4 is 80.2 Å². The summed E-state index contributed by atoms with van der Waals surface area (Å²) in [6, 6.07) is 9.90. The van der Waals surface area contributed by atoms with Gasteiger partial charge in [0, 0.05) is 121 Å². The fourth-order valence-corrected chi connectivity index (χ4v) is 17.5. The molecule has 9 rings (SSSR count). The number of hydrazine groups is 1. The highest BCUT2D eigenvalue weighted by Gasteiger charge is 2.79. The summed E-state index contributed by atoms with van der Waals surface area (Å²) in [4.78, 5) is 101. The number of aromatic amines is 1. The Morgan fingerprint density at radius 2 is 1.73 bits per heavy atom. The van der Waals surface area contributed by atoms with Crippen molar-refractivity contribution in [3.05, 3.63) is 70.9 Å². The van der Waals surface area contributed by atoms with Gasteiger partial charge in [-0.2, -0.15) is 0 Å². The number of benzene rings is 2. The lowest BCUT2D eigenvalue weighted by Crippen LogP contribution is -2.82. The van der Waals surface area contributed by atoms with E-state index in [1.807, 2.05) is 69.1 Å². The predicted octanol–water partition coefficient (Wildman–Crippen LogP) is 4.49. The van der Waals surface area contributed by atoms with Gasteiger partial charge in [0.1, 0.15) is 18.5 Å². The number of aliphatic carboxylic acids is 1. The lowest BCUT2D eigenvalue weighted by atomic mass is 9.47. The molecule has 2 saturated heterocycles. The zero-order valence-corrected chi connectivity index (χ0v) is 52.0. The van der Waals surface area contributed by atoms with Crippen LogP contribution in [-0.4, -0.2) is 191 Å². The van der Waals surface area contributed by atoms with Crippen LogP contribution in [0.2, 0.25) is 0 Å². The molecule has 1 saturated carbocycles. The van der Waals surface area contributed by atoms with Crippen LogP contribution in [0.25, 0.3) is 10.9 Å². The summed E-state index contributed by atoms with van der Waals surface area (Å²) in [6.45, 7) is 12.3. The number of Topliss-reactive ketones (excluding diaryl/α,β-unsaturated/α-hetero) is 1. The van der Waals surface area contributed by atoms with Crippen molar-refractivity contribution in [3.8, 4) is 5.75 Å². The molecule has 0 radical (unpaired) electrons. The second kappa shape index (κ2) is 26.4. The SMILES string of the molecule is CC[C@@H](C)C(=O)N[C@@H](C)C(=O)CC(CNC(=O)CCSSCCCOC(=O)NNC(=O)[C@@]1(O)[C@H](O)[C@]2(CC)C=CCN3CC[C@@]4(c5cc([C@@]6(COC=O)C[C@@H]7CN(CCc8c6[nH]c6ccccc86)C[C@](O)(CC)C7)c(OC)cc5N(C)[C@@H]14)[C@@H]32)C(=O)O. The number of carbonyl (C=O) groups is 7. The Bertz CT molecular complexity index is 3080. The van der Waals surface area contributed by atoms with Crippen LogP contribution in [0.1, 0.15) is 115 Å². The van der Waals surface area contributed by atoms with Crippen LogP contribution in [-0.2, 0) is 55.5 Å². The Balaban J connectivity index is 0.900. The standard InChI is InChI=1S/C62H86N8O14S2/c1-8-37(4)51(74)64-38(5)47(72)27-40(52(75)76)32-63-49(73)18-26-86-85-25-14-24-84-57(79)67-66-56(78)62(81)54-61(20-23-70-21-13-19-59(10-3,53(61)70)55(62)77)43-28-44(48(82-7)29-46(43)68(54)6)60(35-83-36-71)31-39-30-58(80,9-2)34-69(33-39)22-17-42-41-15-11-12-16-45(41)65-50(42)60/h11-13,15-16,19,28-29,36-40,53-55,65,77,80-81H,8-10,14,17-18,20-27,30-35H2,1-7H3,(H,63,73)(H,64,74)(H,66,78)(H,67,79)(H,75,76)/t37-,38+,39-,40?,53+,54-,55-,58+,59-,60+,61-,62+/m1/s1. The number of aliphatic hydroxyl groups is 3. The Labute approximate surface area is 510 Å². The number of anilines is 1. The highest BCUT2D eigenvalue weighted by Crippen LogP contribution is 2.67. The Hall–Kier alpha value is -5.89. The van der Waals surface area contributed by atoms with Gasteiger partial charge in [0.2, 0.25) is 11.8 Å². The van der Waals surface area contributed by atoms with E-state index >= 15 is 4.79 Å². The number of nitrogens with zero attached hydrogens (tertiary/aromatic N) is 3. The molecule has 22 nitrogen and oxygen atoms in total. The molecule has 86 heavy (non-hydrogen) atoms. The van der Waals surface area contributed by atoms with Crippen molar-refractivity contribution in [2.75, 3.05) is 83.0 Å². The molecule has 1 aliphatic carbocycles. The quantitative estimate of drug-likeness (QED) is 0.0186. The Morgan fingerprint density at radius 1 is 0.965 bits per heavy atom. The number of methoxy groups -OCH3 is 1. The number of likely N-dealkylation sites (N-methyl/N-ethyl adjacent to an activating group) is 1. The van der Waals surface area contributed by atoms with Crippen LogP contribution in [0.4, 0.5) is 10.5 Å². The van der Waals surface area contributed by atoms with Gasteiger partial charge in [-0.05, 0) is 94.0 Å². The third-order valence-electron chi connectivity index (χ3n) is 19.8. The highest BCUT2D eigenvalue weighted by atomic mass is 33.1. The number of ether oxygens (including phenoxy) is 3. The minimum atomic E-state index is -2.55. The third kappa shape index (κ3) is 11.8. The topological polar surface area (TPSA) is 302 Å². The molecule has 2 bridgehead atoms. The van der Waals surface area contributed by atoms with Gasteiger partial charge < -0.3 is 55.2 Å². The fourth-order valence-electron chi connectivity index (χ4n) is 15.5. The van der Waals surface area contributed by atoms with E-state index in [0.717, 1.165) is 39.8 Å². The largest absolute Gasteiger partial charge is 0.496 e. The number of nitrogens with one attached hydrogen (secondary N) is 5. The van der Waals surface area contributed by atoms with Crippen molar-refractivity contribution in [1.29, 1.82) is 0 Å². The number of fused-ring (bicyclic) bond motifs is 6. The maximum atomic E-state index is 15.1. The van der Waals surface area contributed by atoms with E-state index in [9.17, 15) is 49.2 Å². The first-order valence-electron chi connectivity index (χ1n) is 30.3. The smallest absolute Gasteiger partial charge is 0.426 e. The number of amides is 4. The average Bonchev–Trinajstić information content (AvgIpc) is 1.44. The summed E-state index contributed by atoms with van der Waals surface area (Å²) in [5.74, 6) is -3.47. The van der Waals surface area contributed by atoms with Crippen LogP contribution < -0.4 is 31.1 Å². The molecule has 3 fully saturated rings. The number of ketones is 1. The minimum Gasteiger partial charge on any atom is -0.496 e. The monoisotopic (exact) mass is 1230 g/mol. The molecule has 1 spiro atoms. The zero-order valence-electron chi connectivity index (χ0n) is 50.4. The number of rotatable bonds is 25. The molecule has 470 valence electrons. The van der Waals surface area contributed by atoms with Crippen LogP contribution in [0, 0.1) is 23.2 Å². The second-order valence-electron chi connectivity index (χ2n) is 24.7. The number of H-pyrrole nitrogens is 1. The highest BCUT2D eigenvalue weighted by molar-refractivity contribution is 8.76. The first kappa shape index (κ1) is 64.6. The summed E-state index contributed by atoms with van der Waals surface area (Å²) in [5, 5.41) is 54.6. The van der Waals surface area contributed by atoms with Crippen LogP contribution >= 0.6 is 21.6 Å². The molecule has 3 aromatic rings. The summed E-state index contributed by atoms with van der Waals surface area (Å²) in [5.41, 5.74) is 3.22. The van der Waals surface area contributed by atoms with Gasteiger partial charge in [0.05, 0.1) is 42.7 Å². The van der Waals surface area contributed by atoms with Gasteiger partial charge in [0.15, 0.2) is 11.4 Å². The summed E-state index contributed by atoms with van der Waals surface area (Å²) < 4.78 is 17.9. The molecule has 6 heterocycles. The van der Waals surface area contributed by atoms with Gasteiger partial charge in [-0.25, -0.2) is 10.2 Å². The molecule has 6 aliphatic rings. The van der Waals surface area contributed by atoms with E-state index < -0.39 is 81.3 Å². The maximum Gasteiger partial charge on any atom is 0.426 e. The van der Waals surface area contributed by atoms with E-state index in [1.165, 1.54) is 28.5 Å². The molecule has 4 amide bonds. The fraction of sp³-hybridized carbons (Fsp3) is 0.629. The second-order valence-corrected chi connectivity index (χ2v) is 27.4. The van der Waals surface area contributed by atoms with Crippen LogP contribution in [0.5, 0.6) is 5.75 Å². The van der Waals surface area contributed by atoms with Crippen molar-refractivity contribution in [3.63, 3.8) is 0 Å². The predicted molar refractivity (Wildman–Crippen MR) is 326 cm³/mol. The van der Waals surface area contributed by atoms with Gasteiger partial charge in [-0.3, -0.25) is 44.0 Å². The van der Waals surface area contributed by atoms with E-state index in [1.54, 1.807) is 14.0 Å². The van der Waals surface area contributed by atoms with Gasteiger partial charge in [-0.1, -0.05) is 79.6 Å². The number of aliphatic hydroxyl groups excluding tert-OH is 1. The molecule has 9 N–H and O–H groups in total. The normalized spacial score (nSPS) is 29.9. The molecule has 24 heteroatoms. The van der Waals surface area contributed by atoms with Crippen LogP contribution in [0.15, 0.2) is 48.6 Å². The number of aromatic nitrogens is 1. The van der Waals surface area contributed by atoms with Gasteiger partial charge >= 0.3 is 12.1 Å². The number of hydrogen-bond acceptors (Lipinski definition) is 18. The Kier molecular flexibility index (Phi) is 19.9. The minimum absolute atomic E-state index is 0.0368. The van der Waals surface area contributed by atoms with Crippen molar-refractivity contribution in [2.24, 2.45) is 23.2 Å². The van der Waals surface area contributed by atoms with Crippen molar-refractivity contribution in [2.45, 2.75) is 145 Å².